The summed E-state index contributed by atoms with van der Waals surface area (Å²) in [6, 6.07) is 4.35. The lowest BCUT2D eigenvalue weighted by atomic mass is 10.0. The minimum atomic E-state index is 0.713. The monoisotopic (exact) mass is 229 g/mol. The van der Waals surface area contributed by atoms with Gasteiger partial charge in [-0.25, -0.2) is 0 Å². The quantitative estimate of drug-likeness (QED) is 0.720. The first-order chi connectivity index (χ1) is 6.88. The smallest absolute Gasteiger partial charge is 0.0328 e. The Morgan fingerprint density at radius 2 is 2.50 bits per heavy atom. The summed E-state index contributed by atoms with van der Waals surface area (Å²) in [5.41, 5.74) is 0. The Hall–Kier alpha value is -0.0500. The van der Waals surface area contributed by atoms with Gasteiger partial charge in [0, 0.05) is 23.8 Å². The Balaban J connectivity index is 1.86. The highest BCUT2D eigenvalue weighted by Crippen LogP contribution is 2.20. The van der Waals surface area contributed by atoms with Gasteiger partial charge in [0.05, 0.1) is 0 Å². The van der Waals surface area contributed by atoms with Crippen molar-refractivity contribution in [2.45, 2.75) is 19.4 Å². The van der Waals surface area contributed by atoms with Crippen molar-refractivity contribution in [1.29, 1.82) is 0 Å². The number of halogens is 1. The van der Waals surface area contributed by atoms with E-state index in [2.05, 4.69) is 22.4 Å². The van der Waals surface area contributed by atoms with E-state index in [0.29, 0.717) is 5.92 Å². The summed E-state index contributed by atoms with van der Waals surface area (Å²) in [7, 11) is 0. The van der Waals surface area contributed by atoms with Crippen LogP contribution in [0.2, 0.25) is 0 Å². The molecular formula is C11H16ClNS. The van der Waals surface area contributed by atoms with Crippen molar-refractivity contribution in [3.05, 3.63) is 22.4 Å². The van der Waals surface area contributed by atoms with Crippen LogP contribution in [0.1, 0.15) is 17.7 Å². The van der Waals surface area contributed by atoms with Crippen molar-refractivity contribution in [2.24, 2.45) is 5.92 Å². The SMILES string of the molecule is ClC[C@H]1CCCN(Cc2cccs2)C1. The molecule has 1 aromatic rings. The molecule has 14 heavy (non-hydrogen) atoms. The Kier molecular flexibility index (Phi) is 3.85. The van der Waals surface area contributed by atoms with Crippen LogP contribution >= 0.6 is 22.9 Å². The normalized spacial score (nSPS) is 23.9. The van der Waals surface area contributed by atoms with E-state index in [4.69, 9.17) is 11.6 Å². The van der Waals surface area contributed by atoms with Crippen LogP contribution < -0.4 is 0 Å². The lowest BCUT2D eigenvalue weighted by Gasteiger charge is -2.31. The molecule has 2 rings (SSSR count). The van der Waals surface area contributed by atoms with Gasteiger partial charge in [0.25, 0.3) is 0 Å². The minimum Gasteiger partial charge on any atom is -0.298 e. The fourth-order valence-electron chi connectivity index (χ4n) is 2.04. The molecule has 1 saturated heterocycles. The molecule has 0 spiro atoms. The van der Waals surface area contributed by atoms with Crippen molar-refractivity contribution in [1.82, 2.24) is 4.90 Å². The van der Waals surface area contributed by atoms with Crippen LogP contribution in [0.25, 0.3) is 0 Å². The predicted octanol–water partition coefficient (Wildman–Crippen LogP) is 3.20. The van der Waals surface area contributed by atoms with E-state index in [1.165, 1.54) is 30.8 Å². The third-order valence-electron chi connectivity index (χ3n) is 2.78. The molecule has 2 heterocycles. The zero-order chi connectivity index (χ0) is 9.80. The molecule has 1 aromatic heterocycles. The second-order valence-electron chi connectivity index (χ2n) is 3.98. The standard InChI is InChI=1S/C11H16ClNS/c12-7-10-3-1-5-13(8-10)9-11-4-2-6-14-11/h2,4,6,10H,1,3,5,7-9H2/t10-/m1/s1. The fraction of sp³-hybridized carbons (Fsp3) is 0.636. The van der Waals surface area contributed by atoms with Crippen LogP contribution in [0.5, 0.6) is 0 Å². The van der Waals surface area contributed by atoms with Crippen LogP contribution in [0, 0.1) is 5.92 Å². The summed E-state index contributed by atoms with van der Waals surface area (Å²) in [5.74, 6) is 1.53. The number of rotatable bonds is 3. The molecule has 1 fully saturated rings. The molecule has 1 aliphatic rings. The van der Waals surface area contributed by atoms with Crippen LogP contribution in [0.4, 0.5) is 0 Å². The number of hydrogen-bond acceptors (Lipinski definition) is 2. The molecule has 0 saturated carbocycles. The highest BCUT2D eigenvalue weighted by Gasteiger charge is 2.18. The second-order valence-corrected chi connectivity index (χ2v) is 5.32. The minimum absolute atomic E-state index is 0.713. The first kappa shape index (κ1) is 10.5. The molecule has 0 aromatic carbocycles. The van der Waals surface area contributed by atoms with E-state index >= 15 is 0 Å². The molecule has 0 radical (unpaired) electrons. The Labute approximate surface area is 94.7 Å². The number of nitrogens with zero attached hydrogens (tertiary/aromatic N) is 1. The molecule has 1 nitrogen and oxygen atoms in total. The Morgan fingerprint density at radius 3 is 3.21 bits per heavy atom. The largest absolute Gasteiger partial charge is 0.298 e. The summed E-state index contributed by atoms with van der Waals surface area (Å²) in [4.78, 5) is 4.00. The number of piperidine rings is 1. The first-order valence-electron chi connectivity index (χ1n) is 5.19. The Bertz CT molecular complexity index is 260. The van der Waals surface area contributed by atoms with E-state index < -0.39 is 0 Å². The van der Waals surface area contributed by atoms with Crippen molar-refractivity contribution in [2.75, 3.05) is 19.0 Å². The van der Waals surface area contributed by atoms with Gasteiger partial charge >= 0.3 is 0 Å². The van der Waals surface area contributed by atoms with Gasteiger partial charge in [-0.3, -0.25) is 4.90 Å². The lowest BCUT2D eigenvalue weighted by molar-refractivity contribution is 0.179. The molecule has 3 heteroatoms. The maximum atomic E-state index is 5.90. The third-order valence-corrected chi connectivity index (χ3v) is 4.08. The van der Waals surface area contributed by atoms with E-state index in [9.17, 15) is 0 Å². The average Bonchev–Trinajstić information content (AvgIpc) is 2.71. The van der Waals surface area contributed by atoms with Gasteiger partial charge < -0.3 is 0 Å². The summed E-state index contributed by atoms with van der Waals surface area (Å²) < 4.78 is 0. The van der Waals surface area contributed by atoms with Gasteiger partial charge in [0.15, 0.2) is 0 Å². The summed E-state index contributed by atoms with van der Waals surface area (Å²) in [6.07, 6.45) is 2.62. The molecule has 0 N–H and O–H groups in total. The molecule has 1 atom stereocenters. The topological polar surface area (TPSA) is 3.24 Å². The lowest BCUT2D eigenvalue weighted by Crippen LogP contribution is -2.35. The zero-order valence-corrected chi connectivity index (χ0v) is 9.86. The summed E-state index contributed by atoms with van der Waals surface area (Å²) in [6.45, 7) is 3.54. The summed E-state index contributed by atoms with van der Waals surface area (Å²) in [5, 5.41) is 2.15. The van der Waals surface area contributed by atoms with Crippen LogP contribution in [-0.2, 0) is 6.54 Å². The van der Waals surface area contributed by atoms with Crippen LogP contribution in [0.3, 0.4) is 0 Å². The van der Waals surface area contributed by atoms with Gasteiger partial charge in [-0.1, -0.05) is 6.07 Å². The average molecular weight is 230 g/mol. The molecule has 0 amide bonds. The van der Waals surface area contributed by atoms with E-state index in [1.807, 2.05) is 11.3 Å². The van der Waals surface area contributed by atoms with Crippen LogP contribution in [0.15, 0.2) is 17.5 Å². The van der Waals surface area contributed by atoms with Gasteiger partial charge in [-0.2, -0.15) is 0 Å². The van der Waals surface area contributed by atoms with Gasteiger partial charge in [-0.05, 0) is 36.8 Å². The first-order valence-corrected chi connectivity index (χ1v) is 6.60. The van der Waals surface area contributed by atoms with Gasteiger partial charge in [0.1, 0.15) is 0 Å². The molecule has 0 bridgehead atoms. The number of thiophene rings is 1. The van der Waals surface area contributed by atoms with Crippen molar-refractivity contribution >= 4 is 22.9 Å². The molecule has 78 valence electrons. The third kappa shape index (κ3) is 2.72. The molecule has 0 aliphatic carbocycles. The summed E-state index contributed by atoms with van der Waals surface area (Å²) >= 11 is 7.75. The molecule has 1 aliphatic heterocycles. The second kappa shape index (κ2) is 5.15. The highest BCUT2D eigenvalue weighted by atomic mass is 35.5. The number of likely N-dealkylation sites (tertiary alicyclic amines) is 1. The van der Waals surface area contributed by atoms with Crippen molar-refractivity contribution in [3.63, 3.8) is 0 Å². The van der Waals surface area contributed by atoms with Crippen LogP contribution in [-0.4, -0.2) is 23.9 Å². The van der Waals surface area contributed by atoms with Gasteiger partial charge in [-0.15, -0.1) is 22.9 Å². The number of alkyl halides is 1. The molecule has 0 unspecified atom stereocenters. The fourth-order valence-corrected chi connectivity index (χ4v) is 3.04. The molecular weight excluding hydrogens is 214 g/mol. The van der Waals surface area contributed by atoms with Crippen molar-refractivity contribution in [3.8, 4) is 0 Å². The van der Waals surface area contributed by atoms with E-state index in [-0.39, 0.29) is 0 Å². The maximum Gasteiger partial charge on any atom is 0.0328 e. The van der Waals surface area contributed by atoms with E-state index in [1.54, 1.807) is 0 Å². The predicted molar refractivity (Wildman–Crippen MR) is 63.0 cm³/mol. The number of hydrogen-bond donors (Lipinski definition) is 0. The Morgan fingerprint density at radius 1 is 1.57 bits per heavy atom. The zero-order valence-electron chi connectivity index (χ0n) is 8.29. The highest BCUT2D eigenvalue weighted by molar-refractivity contribution is 7.09. The maximum absolute atomic E-state index is 5.90. The van der Waals surface area contributed by atoms with E-state index in [0.717, 1.165) is 12.4 Å². The van der Waals surface area contributed by atoms with Crippen molar-refractivity contribution < 1.29 is 0 Å². The van der Waals surface area contributed by atoms with Gasteiger partial charge in [0.2, 0.25) is 0 Å².